The van der Waals surface area contributed by atoms with E-state index < -0.39 is 0 Å². The Hall–Kier alpha value is -0.780. The van der Waals surface area contributed by atoms with Crippen molar-refractivity contribution in [2.75, 3.05) is 6.61 Å². The van der Waals surface area contributed by atoms with Crippen LogP contribution in [-0.4, -0.2) is 15.5 Å². The van der Waals surface area contributed by atoms with Gasteiger partial charge in [0, 0.05) is 22.6 Å². The maximum Gasteiger partial charge on any atom is 0.229 e. The van der Waals surface area contributed by atoms with Gasteiger partial charge in [0.15, 0.2) is 6.61 Å². The fourth-order valence-corrected chi connectivity index (χ4v) is 1.09. The number of phenolic OH excluding ortho intramolecular Hbond substituents is 1. The number of phenols is 1. The van der Waals surface area contributed by atoms with Crippen LogP contribution in [0.3, 0.4) is 0 Å². The van der Waals surface area contributed by atoms with E-state index in [0.29, 0.717) is 5.75 Å². The number of hydrogen-bond acceptors (Lipinski definition) is 3. The van der Waals surface area contributed by atoms with Gasteiger partial charge in [0.2, 0.25) is 3.79 Å². The predicted octanol–water partition coefficient (Wildman–Crippen LogP) is 2.04. The summed E-state index contributed by atoms with van der Waals surface area (Å²) in [6.45, 7) is 1.87. The average molecular weight is 292 g/mol. The normalized spacial score (nSPS) is 9.69. The van der Waals surface area contributed by atoms with Gasteiger partial charge in [-0.05, 0) is 30.7 Å². The highest BCUT2D eigenvalue weighted by atomic mass is 127. The number of rotatable bonds is 3. The topological polar surface area (TPSA) is 46.5 Å². The van der Waals surface area contributed by atoms with E-state index in [9.17, 15) is 4.79 Å². The number of hydrogen-bond donors (Lipinski definition) is 1. The molecule has 70 valence electrons. The number of halogens is 1. The molecule has 0 bridgehead atoms. The molecule has 0 fully saturated rings. The van der Waals surface area contributed by atoms with Gasteiger partial charge in [-0.25, -0.2) is 0 Å². The first-order valence-electron chi connectivity index (χ1n) is 3.70. The molecule has 0 heterocycles. The lowest BCUT2D eigenvalue weighted by atomic mass is 10.2. The molecule has 0 atom stereocenters. The van der Waals surface area contributed by atoms with Crippen LogP contribution in [0.5, 0.6) is 11.5 Å². The molecule has 13 heavy (non-hydrogen) atoms. The quantitative estimate of drug-likeness (QED) is 0.685. The minimum atomic E-state index is -0.0509. The van der Waals surface area contributed by atoms with Gasteiger partial charge in [0.05, 0.1) is 0 Å². The Balaban J connectivity index is 2.72. The number of carbonyl (C=O) groups is 1. The van der Waals surface area contributed by atoms with Gasteiger partial charge in [-0.1, -0.05) is 0 Å². The number of ether oxygens (including phenoxy) is 1. The molecule has 1 rings (SSSR count). The Bertz CT molecular complexity index is 323. The monoisotopic (exact) mass is 292 g/mol. The fourth-order valence-electron chi connectivity index (χ4n) is 0.930. The van der Waals surface area contributed by atoms with Crippen LogP contribution in [0.1, 0.15) is 5.56 Å². The molecule has 0 saturated carbocycles. The van der Waals surface area contributed by atoms with Gasteiger partial charge >= 0.3 is 0 Å². The van der Waals surface area contributed by atoms with Crippen molar-refractivity contribution in [2.24, 2.45) is 0 Å². The highest BCUT2D eigenvalue weighted by molar-refractivity contribution is 14.1. The molecular weight excluding hydrogens is 283 g/mol. The van der Waals surface area contributed by atoms with Crippen LogP contribution >= 0.6 is 22.6 Å². The third-order valence-corrected chi connectivity index (χ3v) is 1.81. The average Bonchev–Trinajstić information content (AvgIpc) is 2.02. The van der Waals surface area contributed by atoms with Crippen molar-refractivity contribution >= 4 is 26.4 Å². The molecule has 0 aliphatic rings. The Morgan fingerprint density at radius 2 is 2.31 bits per heavy atom. The Morgan fingerprint density at radius 3 is 2.85 bits per heavy atom. The van der Waals surface area contributed by atoms with E-state index in [1.807, 2.05) is 6.92 Å². The molecular formula is C9H9IO3. The van der Waals surface area contributed by atoms with E-state index in [4.69, 9.17) is 9.84 Å². The minimum absolute atomic E-state index is 0.0509. The molecule has 1 aromatic rings. The lowest BCUT2D eigenvalue weighted by molar-refractivity contribution is -0.111. The zero-order valence-electron chi connectivity index (χ0n) is 7.08. The van der Waals surface area contributed by atoms with Crippen LogP contribution in [0.2, 0.25) is 0 Å². The van der Waals surface area contributed by atoms with Crippen LogP contribution in [0, 0.1) is 6.92 Å². The zero-order valence-corrected chi connectivity index (χ0v) is 9.24. The van der Waals surface area contributed by atoms with Crippen LogP contribution in [-0.2, 0) is 4.79 Å². The molecule has 0 aromatic heterocycles. The molecule has 1 aromatic carbocycles. The highest BCUT2D eigenvalue weighted by Crippen LogP contribution is 2.22. The zero-order chi connectivity index (χ0) is 9.84. The Morgan fingerprint density at radius 1 is 1.62 bits per heavy atom. The maximum atomic E-state index is 10.6. The van der Waals surface area contributed by atoms with Crippen LogP contribution in [0.15, 0.2) is 18.2 Å². The molecule has 3 nitrogen and oxygen atoms in total. The summed E-state index contributed by atoms with van der Waals surface area (Å²) >= 11 is 1.67. The van der Waals surface area contributed by atoms with Crippen LogP contribution in [0.25, 0.3) is 0 Å². The van der Waals surface area contributed by atoms with Gasteiger partial charge in [-0.2, -0.15) is 0 Å². The maximum absolute atomic E-state index is 10.6. The third kappa shape index (κ3) is 3.22. The summed E-state index contributed by atoms with van der Waals surface area (Å²) in [7, 11) is 0. The van der Waals surface area contributed by atoms with Gasteiger partial charge in [-0.3, -0.25) is 4.79 Å². The lowest BCUT2D eigenvalue weighted by Gasteiger charge is -2.06. The minimum Gasteiger partial charge on any atom is -0.508 e. The molecule has 0 aliphatic carbocycles. The number of aromatic hydroxyl groups is 1. The summed E-state index contributed by atoms with van der Waals surface area (Å²) in [6, 6.07) is 4.76. The van der Waals surface area contributed by atoms with E-state index in [1.54, 1.807) is 34.7 Å². The fraction of sp³-hybridized carbons (Fsp3) is 0.222. The number of aryl methyl sites for hydroxylation is 1. The second kappa shape index (κ2) is 4.45. The molecule has 0 aliphatic heterocycles. The van der Waals surface area contributed by atoms with E-state index in [0.717, 1.165) is 5.56 Å². The van der Waals surface area contributed by atoms with Gasteiger partial charge in [-0.15, -0.1) is 0 Å². The Kier molecular flexibility index (Phi) is 3.53. The van der Waals surface area contributed by atoms with E-state index in [-0.39, 0.29) is 16.1 Å². The molecule has 0 radical (unpaired) electrons. The summed E-state index contributed by atoms with van der Waals surface area (Å²) in [5.41, 5.74) is 0.817. The SMILES string of the molecule is Cc1cc(O)ccc1OCC(=O)I. The van der Waals surface area contributed by atoms with Crippen molar-refractivity contribution in [3.8, 4) is 11.5 Å². The van der Waals surface area contributed by atoms with E-state index in [1.165, 1.54) is 6.07 Å². The predicted molar refractivity (Wildman–Crippen MR) is 57.4 cm³/mol. The number of benzene rings is 1. The van der Waals surface area contributed by atoms with Gasteiger partial charge < -0.3 is 9.84 Å². The first kappa shape index (κ1) is 10.3. The van der Waals surface area contributed by atoms with Crippen molar-refractivity contribution in [3.63, 3.8) is 0 Å². The molecule has 4 heteroatoms. The smallest absolute Gasteiger partial charge is 0.229 e. The first-order valence-corrected chi connectivity index (χ1v) is 4.78. The second-order valence-electron chi connectivity index (χ2n) is 2.59. The highest BCUT2D eigenvalue weighted by Gasteiger charge is 2.02. The van der Waals surface area contributed by atoms with Crippen molar-refractivity contribution < 1.29 is 14.6 Å². The van der Waals surface area contributed by atoms with E-state index in [2.05, 4.69) is 0 Å². The molecule has 1 N–H and O–H groups in total. The first-order chi connectivity index (χ1) is 6.09. The summed E-state index contributed by atoms with van der Waals surface area (Å²) in [6.07, 6.45) is 0. The summed E-state index contributed by atoms with van der Waals surface area (Å²) in [5, 5.41) is 9.09. The standard InChI is InChI=1S/C9H9IO3/c1-6-4-7(11)2-3-8(6)13-5-9(10)12/h2-4,11H,5H2,1H3. The van der Waals surface area contributed by atoms with Crippen molar-refractivity contribution in [2.45, 2.75) is 6.92 Å². The molecule has 0 unspecified atom stereocenters. The summed E-state index contributed by atoms with van der Waals surface area (Å²) < 4.78 is 5.13. The number of carbonyl (C=O) groups excluding carboxylic acids is 1. The van der Waals surface area contributed by atoms with E-state index >= 15 is 0 Å². The van der Waals surface area contributed by atoms with Crippen molar-refractivity contribution in [3.05, 3.63) is 23.8 Å². The summed E-state index contributed by atoms with van der Waals surface area (Å²) in [5.74, 6) is 0.827. The summed E-state index contributed by atoms with van der Waals surface area (Å²) in [4.78, 5) is 10.6. The van der Waals surface area contributed by atoms with Gasteiger partial charge in [0.25, 0.3) is 0 Å². The third-order valence-electron chi connectivity index (χ3n) is 1.50. The lowest BCUT2D eigenvalue weighted by Crippen LogP contribution is -2.04. The molecule has 0 saturated heterocycles. The van der Waals surface area contributed by atoms with Gasteiger partial charge in [0.1, 0.15) is 11.5 Å². The molecule has 0 amide bonds. The van der Waals surface area contributed by atoms with Crippen molar-refractivity contribution in [1.29, 1.82) is 0 Å². The van der Waals surface area contributed by atoms with Crippen LogP contribution < -0.4 is 4.74 Å². The van der Waals surface area contributed by atoms with Crippen molar-refractivity contribution in [1.82, 2.24) is 0 Å². The second-order valence-corrected chi connectivity index (χ2v) is 3.80. The largest absolute Gasteiger partial charge is 0.508 e. The van der Waals surface area contributed by atoms with Crippen LogP contribution in [0.4, 0.5) is 0 Å². The Labute approximate surface area is 89.9 Å². The molecule has 0 spiro atoms.